The van der Waals surface area contributed by atoms with Crippen LogP contribution >= 0.6 is 11.5 Å². The molecule has 0 spiro atoms. The number of nitrogens with one attached hydrogen (secondary N) is 1. The molecule has 6 nitrogen and oxygen atoms in total. The van der Waals surface area contributed by atoms with Crippen molar-refractivity contribution < 1.29 is 22.6 Å². The number of fused-ring (bicyclic) bond motifs is 1. The van der Waals surface area contributed by atoms with Crippen LogP contribution in [0.3, 0.4) is 0 Å². The van der Waals surface area contributed by atoms with Crippen LogP contribution in [0.5, 0.6) is 11.6 Å². The fourth-order valence-corrected chi connectivity index (χ4v) is 3.77. The van der Waals surface area contributed by atoms with E-state index in [9.17, 15) is 18.0 Å². The van der Waals surface area contributed by atoms with Gasteiger partial charge in [0.1, 0.15) is 5.75 Å². The molecular weight excluding hydrogens is 383 g/mol. The second-order valence-corrected chi connectivity index (χ2v) is 7.31. The Balaban J connectivity index is 1.99. The lowest BCUT2D eigenvalue weighted by molar-refractivity contribution is -0.141. The first kappa shape index (κ1) is 19.3. The molecule has 0 aliphatic heterocycles. The van der Waals surface area contributed by atoms with E-state index >= 15 is 0 Å². The average Bonchev–Trinajstić information content (AvgIpc) is 3.18. The van der Waals surface area contributed by atoms with Crippen molar-refractivity contribution in [2.45, 2.75) is 39.1 Å². The van der Waals surface area contributed by atoms with E-state index in [1.165, 1.54) is 15.5 Å². The number of ether oxygens (including phenoxy) is 2. The van der Waals surface area contributed by atoms with Gasteiger partial charge in [-0.2, -0.15) is 18.3 Å². The third-order valence-corrected chi connectivity index (χ3v) is 5.23. The van der Waals surface area contributed by atoms with Gasteiger partial charge in [0, 0.05) is 6.07 Å². The van der Waals surface area contributed by atoms with Crippen molar-refractivity contribution in [3.05, 3.63) is 39.8 Å². The van der Waals surface area contributed by atoms with Gasteiger partial charge in [-0.3, -0.25) is 4.79 Å². The lowest BCUT2D eigenvalue weighted by atomic mass is 9.99. The summed E-state index contributed by atoms with van der Waals surface area (Å²) < 4.78 is 50.8. The predicted octanol–water partition coefficient (Wildman–Crippen LogP) is 4.53. The Hall–Kier alpha value is -2.49. The summed E-state index contributed by atoms with van der Waals surface area (Å²) in [7, 11) is 1.55. The van der Waals surface area contributed by atoms with Crippen LogP contribution in [0.1, 0.15) is 44.2 Å². The first-order valence-electron chi connectivity index (χ1n) is 8.14. The van der Waals surface area contributed by atoms with E-state index in [1.807, 2.05) is 19.9 Å². The van der Waals surface area contributed by atoms with E-state index < -0.39 is 18.1 Å². The molecular formula is C17H18F3N3O3S. The Morgan fingerprint density at radius 3 is 2.48 bits per heavy atom. The fraction of sp³-hybridized carbons (Fsp3) is 0.412. The molecule has 1 atom stereocenters. The molecule has 0 saturated heterocycles. The van der Waals surface area contributed by atoms with Crippen LogP contribution in [0.2, 0.25) is 0 Å². The van der Waals surface area contributed by atoms with Gasteiger partial charge in [0.05, 0.1) is 17.2 Å². The second-order valence-electron chi connectivity index (χ2n) is 6.30. The van der Waals surface area contributed by atoms with Crippen molar-refractivity contribution in [3.63, 3.8) is 0 Å². The molecule has 0 aliphatic carbocycles. The SMILES string of the molecule is COc1cc(C(C)C)c2c(=O)n(C(C)Oc3cc(C(F)(F)F)n[nH]3)sc2c1. The van der Waals surface area contributed by atoms with Gasteiger partial charge < -0.3 is 9.47 Å². The van der Waals surface area contributed by atoms with Crippen LogP contribution < -0.4 is 15.0 Å². The first-order chi connectivity index (χ1) is 12.6. The minimum absolute atomic E-state index is 0.0940. The zero-order valence-electron chi connectivity index (χ0n) is 15.0. The lowest BCUT2D eigenvalue weighted by Crippen LogP contribution is -2.21. The number of methoxy groups -OCH3 is 1. The molecule has 0 aliphatic rings. The van der Waals surface area contributed by atoms with Crippen molar-refractivity contribution in [3.8, 4) is 11.6 Å². The highest BCUT2D eigenvalue weighted by molar-refractivity contribution is 7.13. The molecule has 0 radical (unpaired) electrons. The molecule has 0 amide bonds. The Morgan fingerprint density at radius 2 is 1.93 bits per heavy atom. The van der Waals surface area contributed by atoms with Crippen LogP contribution in [0.25, 0.3) is 10.1 Å². The van der Waals surface area contributed by atoms with Gasteiger partial charge in [-0.1, -0.05) is 25.4 Å². The largest absolute Gasteiger partial charge is 0.497 e. The summed E-state index contributed by atoms with van der Waals surface area (Å²) in [5, 5.41) is 5.94. The number of H-pyrrole nitrogens is 1. The van der Waals surface area contributed by atoms with Crippen molar-refractivity contribution in [1.29, 1.82) is 0 Å². The van der Waals surface area contributed by atoms with E-state index in [4.69, 9.17) is 9.47 Å². The van der Waals surface area contributed by atoms with Gasteiger partial charge in [0.15, 0.2) is 11.9 Å². The average molecular weight is 401 g/mol. The van der Waals surface area contributed by atoms with Crippen molar-refractivity contribution >= 4 is 21.6 Å². The molecule has 146 valence electrons. The Kier molecular flexibility index (Phi) is 4.94. The van der Waals surface area contributed by atoms with E-state index in [1.54, 1.807) is 20.1 Å². The van der Waals surface area contributed by atoms with Crippen LogP contribution in [-0.2, 0) is 6.18 Å². The van der Waals surface area contributed by atoms with Gasteiger partial charge in [0.25, 0.3) is 5.56 Å². The first-order valence-corrected chi connectivity index (χ1v) is 8.92. The number of aromatic amines is 1. The van der Waals surface area contributed by atoms with E-state index in [0.717, 1.165) is 16.3 Å². The quantitative estimate of drug-likeness (QED) is 0.682. The summed E-state index contributed by atoms with van der Waals surface area (Å²) >= 11 is 1.17. The summed E-state index contributed by atoms with van der Waals surface area (Å²) in [4.78, 5) is 12.9. The number of aromatic nitrogens is 3. The highest BCUT2D eigenvalue weighted by Gasteiger charge is 2.34. The number of nitrogens with zero attached hydrogens (tertiary/aromatic N) is 2. The van der Waals surface area contributed by atoms with Crippen molar-refractivity contribution in [2.75, 3.05) is 7.11 Å². The Morgan fingerprint density at radius 1 is 1.22 bits per heavy atom. The monoisotopic (exact) mass is 401 g/mol. The Bertz CT molecular complexity index is 1020. The molecule has 27 heavy (non-hydrogen) atoms. The maximum Gasteiger partial charge on any atom is 0.435 e. The van der Waals surface area contributed by atoms with Crippen LogP contribution in [0.15, 0.2) is 23.0 Å². The number of hydrogen-bond acceptors (Lipinski definition) is 5. The number of rotatable bonds is 5. The minimum Gasteiger partial charge on any atom is -0.497 e. The molecule has 0 saturated carbocycles. The standard InChI is InChI=1S/C17H18F3N3O3S/c1-8(2)11-5-10(25-4)6-12-15(11)16(24)23(27-12)9(3)26-14-7-13(21-22-14)17(18,19)20/h5-9H,1-4H3,(H,21,22). The summed E-state index contributed by atoms with van der Waals surface area (Å²) in [6, 6.07) is 4.34. The molecule has 1 N–H and O–H groups in total. The fourth-order valence-electron chi connectivity index (χ4n) is 2.72. The maximum atomic E-state index is 12.9. The van der Waals surface area contributed by atoms with Gasteiger partial charge in [-0.15, -0.1) is 0 Å². The summed E-state index contributed by atoms with van der Waals surface area (Å²) in [6.07, 6.45) is -5.39. The molecule has 3 aromatic rings. The van der Waals surface area contributed by atoms with E-state index in [2.05, 4.69) is 10.2 Å². The summed E-state index contributed by atoms with van der Waals surface area (Å²) in [5.41, 5.74) is -0.498. The molecule has 2 aromatic heterocycles. The molecule has 1 unspecified atom stereocenters. The van der Waals surface area contributed by atoms with Gasteiger partial charge >= 0.3 is 6.18 Å². The topological polar surface area (TPSA) is 69.1 Å². The van der Waals surface area contributed by atoms with E-state index in [0.29, 0.717) is 11.1 Å². The van der Waals surface area contributed by atoms with Gasteiger partial charge in [0.2, 0.25) is 5.88 Å². The maximum absolute atomic E-state index is 12.9. The summed E-state index contributed by atoms with van der Waals surface area (Å²) in [6.45, 7) is 5.52. The molecule has 2 heterocycles. The minimum atomic E-state index is -4.57. The Labute approximate surface area is 156 Å². The smallest absolute Gasteiger partial charge is 0.435 e. The number of benzene rings is 1. The molecule has 1 aromatic carbocycles. The van der Waals surface area contributed by atoms with Crippen LogP contribution in [0.4, 0.5) is 13.2 Å². The second kappa shape index (κ2) is 6.91. The van der Waals surface area contributed by atoms with Crippen molar-refractivity contribution in [2.24, 2.45) is 0 Å². The number of halogens is 3. The molecule has 0 fully saturated rings. The third-order valence-electron chi connectivity index (χ3n) is 4.05. The van der Waals surface area contributed by atoms with Gasteiger partial charge in [-0.05, 0) is 30.5 Å². The van der Waals surface area contributed by atoms with Crippen molar-refractivity contribution in [1.82, 2.24) is 14.2 Å². The van der Waals surface area contributed by atoms with Crippen LogP contribution in [-0.4, -0.2) is 21.3 Å². The number of alkyl halides is 3. The van der Waals surface area contributed by atoms with E-state index in [-0.39, 0.29) is 17.4 Å². The predicted molar refractivity (Wildman–Crippen MR) is 95.7 cm³/mol. The molecule has 0 bridgehead atoms. The number of hydrogen-bond donors (Lipinski definition) is 1. The van der Waals surface area contributed by atoms with Gasteiger partial charge in [-0.25, -0.2) is 9.06 Å². The molecule has 3 rings (SSSR count). The summed E-state index contributed by atoms with van der Waals surface area (Å²) in [5.74, 6) is 0.564. The zero-order valence-corrected chi connectivity index (χ0v) is 15.9. The highest BCUT2D eigenvalue weighted by Crippen LogP contribution is 2.33. The highest BCUT2D eigenvalue weighted by atomic mass is 32.1. The molecule has 10 heteroatoms. The third kappa shape index (κ3) is 3.66. The normalized spacial score (nSPS) is 13.3. The zero-order chi connectivity index (χ0) is 19.9. The van der Waals surface area contributed by atoms with Crippen LogP contribution in [0, 0.1) is 0 Å². The lowest BCUT2D eigenvalue weighted by Gasteiger charge is -2.12.